The number of carbonyl (C=O) groups is 2. The first-order valence-corrected chi connectivity index (χ1v) is 6.74. The topological polar surface area (TPSA) is 49.4 Å². The van der Waals surface area contributed by atoms with E-state index in [9.17, 15) is 9.59 Å². The lowest BCUT2D eigenvalue weighted by Gasteiger charge is -2.34. The summed E-state index contributed by atoms with van der Waals surface area (Å²) in [5.41, 5.74) is 1.43. The van der Waals surface area contributed by atoms with Gasteiger partial charge in [0.05, 0.1) is 5.92 Å². The number of halogens is 1. The first kappa shape index (κ1) is 13.9. The zero-order chi connectivity index (χ0) is 13.8. The van der Waals surface area contributed by atoms with E-state index in [1.807, 2.05) is 0 Å². The molecule has 2 rings (SSSR count). The summed E-state index contributed by atoms with van der Waals surface area (Å²) in [7, 11) is 1.65. The van der Waals surface area contributed by atoms with Gasteiger partial charge in [-0.1, -0.05) is 11.6 Å². The van der Waals surface area contributed by atoms with E-state index < -0.39 is 0 Å². The molecule has 0 spiro atoms. The highest BCUT2D eigenvalue weighted by Gasteiger charge is 2.26. The number of anilines is 1. The van der Waals surface area contributed by atoms with Crippen molar-refractivity contribution in [1.82, 2.24) is 5.32 Å². The molecule has 1 N–H and O–H groups in total. The molecule has 5 heteroatoms. The van der Waals surface area contributed by atoms with Gasteiger partial charge in [-0.05, 0) is 31.0 Å². The molecule has 1 unspecified atom stereocenters. The van der Waals surface area contributed by atoms with Gasteiger partial charge in [-0.2, -0.15) is 0 Å². The molecule has 0 saturated carbocycles. The number of benzene rings is 1. The number of nitrogens with zero attached hydrogens (tertiary/aromatic N) is 1. The fourth-order valence-electron chi connectivity index (χ4n) is 2.50. The van der Waals surface area contributed by atoms with Crippen LogP contribution in [0.1, 0.15) is 23.2 Å². The number of hydrogen-bond donors (Lipinski definition) is 1. The number of hydrogen-bond acceptors (Lipinski definition) is 3. The summed E-state index contributed by atoms with van der Waals surface area (Å²) in [4.78, 5) is 24.9. The number of piperidine rings is 1. The van der Waals surface area contributed by atoms with Crippen molar-refractivity contribution >= 4 is 29.5 Å². The monoisotopic (exact) mass is 280 g/mol. The van der Waals surface area contributed by atoms with Crippen LogP contribution in [0.5, 0.6) is 0 Å². The predicted molar refractivity (Wildman–Crippen MR) is 75.8 cm³/mol. The van der Waals surface area contributed by atoms with Gasteiger partial charge in [0, 0.05) is 36.4 Å². The second-order valence-electron chi connectivity index (χ2n) is 4.72. The van der Waals surface area contributed by atoms with Crippen LogP contribution in [-0.4, -0.2) is 32.3 Å². The summed E-state index contributed by atoms with van der Waals surface area (Å²) in [5.74, 6) is 0.0246. The van der Waals surface area contributed by atoms with Crippen LogP contribution in [0.4, 0.5) is 5.69 Å². The zero-order valence-corrected chi connectivity index (χ0v) is 11.6. The molecule has 1 heterocycles. The Labute approximate surface area is 117 Å². The summed E-state index contributed by atoms with van der Waals surface area (Å²) in [6.45, 7) is 1.47. The maximum absolute atomic E-state index is 11.7. The van der Waals surface area contributed by atoms with Crippen molar-refractivity contribution < 1.29 is 9.59 Å². The minimum absolute atomic E-state index is 0.0303. The maximum Gasteiger partial charge on any atom is 0.224 e. The van der Waals surface area contributed by atoms with Gasteiger partial charge in [0.25, 0.3) is 0 Å². The van der Waals surface area contributed by atoms with E-state index >= 15 is 0 Å². The summed E-state index contributed by atoms with van der Waals surface area (Å²) < 4.78 is 0. The molecule has 0 aliphatic carbocycles. The van der Waals surface area contributed by atoms with Gasteiger partial charge < -0.3 is 10.2 Å². The Morgan fingerprint density at radius 3 is 3.00 bits per heavy atom. The quantitative estimate of drug-likeness (QED) is 0.863. The van der Waals surface area contributed by atoms with Crippen molar-refractivity contribution in [1.29, 1.82) is 0 Å². The van der Waals surface area contributed by atoms with Gasteiger partial charge in [-0.15, -0.1) is 0 Å². The summed E-state index contributed by atoms with van der Waals surface area (Å²) >= 11 is 6.00. The van der Waals surface area contributed by atoms with Crippen LogP contribution >= 0.6 is 11.6 Å². The van der Waals surface area contributed by atoms with Crippen LogP contribution in [0.15, 0.2) is 18.2 Å². The van der Waals surface area contributed by atoms with E-state index in [0.717, 1.165) is 31.4 Å². The summed E-state index contributed by atoms with van der Waals surface area (Å²) in [6, 6.07) is 5.21. The fourth-order valence-corrected chi connectivity index (χ4v) is 2.67. The average Bonchev–Trinajstić information content (AvgIpc) is 2.46. The Balaban J connectivity index is 2.23. The van der Waals surface area contributed by atoms with Crippen LogP contribution in [0.3, 0.4) is 0 Å². The number of amides is 1. The van der Waals surface area contributed by atoms with Crippen molar-refractivity contribution in [2.24, 2.45) is 5.92 Å². The lowest BCUT2D eigenvalue weighted by atomic mass is 9.96. The molecule has 4 nitrogen and oxygen atoms in total. The number of aldehydes is 1. The molecule has 1 amide bonds. The molecule has 0 radical (unpaired) electrons. The molecule has 102 valence electrons. The Bertz CT molecular complexity index is 490. The van der Waals surface area contributed by atoms with E-state index in [4.69, 9.17) is 11.6 Å². The van der Waals surface area contributed by atoms with Crippen molar-refractivity contribution in [3.8, 4) is 0 Å². The van der Waals surface area contributed by atoms with Crippen molar-refractivity contribution in [3.05, 3.63) is 28.8 Å². The first-order chi connectivity index (χ1) is 9.15. The van der Waals surface area contributed by atoms with Gasteiger partial charge in [-0.25, -0.2) is 0 Å². The van der Waals surface area contributed by atoms with Gasteiger partial charge in [-0.3, -0.25) is 9.59 Å². The van der Waals surface area contributed by atoms with E-state index in [0.29, 0.717) is 17.1 Å². The van der Waals surface area contributed by atoms with Crippen LogP contribution in [0.2, 0.25) is 5.02 Å². The van der Waals surface area contributed by atoms with E-state index in [1.54, 1.807) is 25.2 Å². The average molecular weight is 281 g/mol. The van der Waals surface area contributed by atoms with Gasteiger partial charge in [0.1, 0.15) is 0 Å². The highest BCUT2D eigenvalue weighted by molar-refractivity contribution is 6.31. The second-order valence-corrected chi connectivity index (χ2v) is 5.16. The molecule has 0 bridgehead atoms. The van der Waals surface area contributed by atoms with Crippen LogP contribution in [0, 0.1) is 5.92 Å². The van der Waals surface area contributed by atoms with Gasteiger partial charge in [0.2, 0.25) is 5.91 Å². The Morgan fingerprint density at radius 2 is 2.32 bits per heavy atom. The molecule has 0 aromatic heterocycles. The lowest BCUT2D eigenvalue weighted by molar-refractivity contribution is -0.124. The van der Waals surface area contributed by atoms with Crippen LogP contribution < -0.4 is 10.2 Å². The third-order valence-electron chi connectivity index (χ3n) is 3.50. The molecule has 1 saturated heterocycles. The van der Waals surface area contributed by atoms with Crippen LogP contribution in [-0.2, 0) is 4.79 Å². The molecule has 19 heavy (non-hydrogen) atoms. The van der Waals surface area contributed by atoms with Crippen molar-refractivity contribution in [2.75, 3.05) is 25.0 Å². The summed E-state index contributed by atoms with van der Waals surface area (Å²) in [6.07, 6.45) is 2.64. The molecule has 1 aliphatic rings. The standard InChI is InChI=1S/C14H17ClN2O2/c1-16-14(19)10-3-2-6-17(8-10)13-7-12(15)5-4-11(13)9-18/h4-5,7,9-10H,2-3,6,8H2,1H3,(H,16,19). The predicted octanol–water partition coefficient (Wildman–Crippen LogP) is 2.11. The Hall–Kier alpha value is -1.55. The molecular formula is C14H17ClN2O2. The fraction of sp³-hybridized carbons (Fsp3) is 0.429. The van der Waals surface area contributed by atoms with Gasteiger partial charge >= 0.3 is 0 Å². The zero-order valence-electron chi connectivity index (χ0n) is 10.9. The minimum Gasteiger partial charge on any atom is -0.370 e. The van der Waals surface area contributed by atoms with Crippen LogP contribution in [0.25, 0.3) is 0 Å². The second kappa shape index (κ2) is 6.06. The van der Waals surface area contributed by atoms with Crippen molar-refractivity contribution in [3.63, 3.8) is 0 Å². The highest BCUT2D eigenvalue weighted by Crippen LogP contribution is 2.28. The van der Waals surface area contributed by atoms with E-state index in [2.05, 4.69) is 10.2 Å². The third kappa shape index (κ3) is 3.07. The largest absolute Gasteiger partial charge is 0.370 e. The first-order valence-electron chi connectivity index (χ1n) is 6.37. The Morgan fingerprint density at radius 1 is 1.53 bits per heavy atom. The molecule has 1 atom stereocenters. The molecule has 1 aliphatic heterocycles. The molecular weight excluding hydrogens is 264 g/mol. The normalized spacial score (nSPS) is 19.1. The third-order valence-corrected chi connectivity index (χ3v) is 3.73. The molecule has 1 aromatic carbocycles. The Kier molecular flexibility index (Phi) is 4.43. The summed E-state index contributed by atoms with van der Waals surface area (Å²) in [5, 5.41) is 3.29. The lowest BCUT2D eigenvalue weighted by Crippen LogP contribution is -2.42. The number of nitrogens with one attached hydrogen (secondary N) is 1. The van der Waals surface area contributed by atoms with E-state index in [1.165, 1.54) is 0 Å². The smallest absolute Gasteiger partial charge is 0.224 e. The SMILES string of the molecule is CNC(=O)C1CCCN(c2cc(Cl)ccc2C=O)C1. The number of rotatable bonds is 3. The van der Waals surface area contributed by atoms with E-state index in [-0.39, 0.29) is 11.8 Å². The maximum atomic E-state index is 11.7. The van der Waals surface area contributed by atoms with Gasteiger partial charge in [0.15, 0.2) is 6.29 Å². The minimum atomic E-state index is -0.0303. The van der Waals surface area contributed by atoms with Crippen molar-refractivity contribution in [2.45, 2.75) is 12.8 Å². The highest BCUT2D eigenvalue weighted by atomic mass is 35.5. The molecule has 1 fully saturated rings. The molecule has 1 aromatic rings. The number of carbonyl (C=O) groups excluding carboxylic acids is 2.